The SMILES string of the molecule is CC(O)O.O=C(O)CCC(=O)O.O=C(O)c1ccccc1C(=O)O. The molecule has 1 rings (SSSR count). The van der Waals surface area contributed by atoms with E-state index in [1.165, 1.54) is 31.2 Å². The molecule has 0 aliphatic heterocycles. The average Bonchev–Trinajstić information content (AvgIpc) is 2.45. The second kappa shape index (κ2) is 12.6. The van der Waals surface area contributed by atoms with Crippen molar-refractivity contribution < 1.29 is 49.8 Å². The van der Waals surface area contributed by atoms with Gasteiger partial charge in [0.15, 0.2) is 0 Å². The Morgan fingerprint density at radius 3 is 1.21 bits per heavy atom. The van der Waals surface area contributed by atoms with E-state index in [0.29, 0.717) is 0 Å². The minimum atomic E-state index is -1.23. The van der Waals surface area contributed by atoms with Crippen molar-refractivity contribution in [2.75, 3.05) is 0 Å². The lowest BCUT2D eigenvalue weighted by Gasteiger charge is -1.98. The second-order valence-corrected chi connectivity index (χ2v) is 4.08. The normalized spacial score (nSPS) is 9.00. The standard InChI is InChI=1S/C8H6O4.C4H6O4.C2H6O2/c9-7(10)5-3-1-2-4-6(5)8(11)12;5-3(6)1-2-4(7)8;1-2(3)4/h1-4H,(H,9,10)(H,11,12);1-2H2,(H,5,6)(H,7,8);2-4H,1H3. The molecular formula is C14H18O10. The van der Waals surface area contributed by atoms with E-state index in [2.05, 4.69) is 0 Å². The molecular weight excluding hydrogens is 328 g/mol. The molecule has 1 aromatic carbocycles. The van der Waals surface area contributed by atoms with E-state index < -0.39 is 30.2 Å². The molecule has 0 bridgehead atoms. The largest absolute Gasteiger partial charge is 0.481 e. The molecule has 0 aliphatic carbocycles. The average molecular weight is 346 g/mol. The summed E-state index contributed by atoms with van der Waals surface area (Å²) in [6, 6.07) is 5.48. The van der Waals surface area contributed by atoms with Gasteiger partial charge in [-0.1, -0.05) is 12.1 Å². The van der Waals surface area contributed by atoms with Crippen LogP contribution >= 0.6 is 0 Å². The van der Waals surface area contributed by atoms with Gasteiger partial charge in [-0.2, -0.15) is 0 Å². The number of aromatic carboxylic acids is 2. The van der Waals surface area contributed by atoms with Crippen LogP contribution < -0.4 is 0 Å². The van der Waals surface area contributed by atoms with E-state index in [0.717, 1.165) is 0 Å². The van der Waals surface area contributed by atoms with Gasteiger partial charge in [0.25, 0.3) is 0 Å². The monoisotopic (exact) mass is 346 g/mol. The number of benzene rings is 1. The fraction of sp³-hybridized carbons (Fsp3) is 0.286. The number of rotatable bonds is 5. The molecule has 0 spiro atoms. The molecule has 0 radical (unpaired) electrons. The van der Waals surface area contributed by atoms with Crippen molar-refractivity contribution >= 4 is 23.9 Å². The molecule has 10 heteroatoms. The summed E-state index contributed by atoms with van der Waals surface area (Å²) in [4.78, 5) is 40.2. The Labute approximate surface area is 136 Å². The van der Waals surface area contributed by atoms with Gasteiger partial charge in [0, 0.05) is 0 Å². The van der Waals surface area contributed by atoms with Gasteiger partial charge in [-0.05, 0) is 19.1 Å². The third-order valence-corrected chi connectivity index (χ3v) is 1.94. The third kappa shape index (κ3) is 14.0. The van der Waals surface area contributed by atoms with Crippen molar-refractivity contribution in [3.8, 4) is 0 Å². The highest BCUT2D eigenvalue weighted by molar-refractivity contribution is 6.01. The van der Waals surface area contributed by atoms with Gasteiger partial charge in [0.2, 0.25) is 0 Å². The Bertz CT molecular complexity index is 515. The molecule has 0 heterocycles. The summed E-state index contributed by atoms with van der Waals surface area (Å²) in [6.07, 6.45) is -1.76. The summed E-state index contributed by atoms with van der Waals surface area (Å²) in [5.41, 5.74) is -0.380. The fourth-order valence-corrected chi connectivity index (χ4v) is 1.07. The maximum Gasteiger partial charge on any atom is 0.336 e. The molecule has 0 atom stereocenters. The molecule has 6 N–H and O–H groups in total. The predicted octanol–water partition coefficient (Wildman–Crippen LogP) is 0.336. The van der Waals surface area contributed by atoms with Crippen LogP contribution in [0.15, 0.2) is 24.3 Å². The number of carboxylic acids is 4. The second-order valence-electron chi connectivity index (χ2n) is 4.08. The minimum absolute atomic E-state index is 0.190. The first-order valence-electron chi connectivity index (χ1n) is 6.34. The molecule has 0 fully saturated rings. The molecule has 134 valence electrons. The summed E-state index contributed by atoms with van der Waals surface area (Å²) < 4.78 is 0. The molecule has 0 saturated carbocycles. The van der Waals surface area contributed by atoms with Gasteiger partial charge in [-0.15, -0.1) is 0 Å². The number of aliphatic carboxylic acids is 2. The first-order valence-corrected chi connectivity index (χ1v) is 6.34. The zero-order chi connectivity index (χ0) is 19.3. The number of aliphatic hydroxyl groups excluding tert-OH is 1. The maximum atomic E-state index is 10.5. The molecule has 24 heavy (non-hydrogen) atoms. The highest BCUT2D eigenvalue weighted by Gasteiger charge is 2.13. The van der Waals surface area contributed by atoms with Crippen molar-refractivity contribution in [3.05, 3.63) is 35.4 Å². The Morgan fingerprint density at radius 1 is 0.792 bits per heavy atom. The van der Waals surface area contributed by atoms with Crippen LogP contribution in [-0.4, -0.2) is 60.8 Å². The van der Waals surface area contributed by atoms with Crippen LogP contribution in [0.25, 0.3) is 0 Å². The third-order valence-electron chi connectivity index (χ3n) is 1.94. The summed E-state index contributed by atoms with van der Waals surface area (Å²) >= 11 is 0. The van der Waals surface area contributed by atoms with Crippen LogP contribution in [0.3, 0.4) is 0 Å². The predicted molar refractivity (Wildman–Crippen MR) is 78.8 cm³/mol. The molecule has 0 aromatic heterocycles. The van der Waals surface area contributed by atoms with Crippen LogP contribution in [-0.2, 0) is 9.59 Å². The van der Waals surface area contributed by atoms with Gasteiger partial charge in [0.1, 0.15) is 6.29 Å². The van der Waals surface area contributed by atoms with E-state index in [1.54, 1.807) is 0 Å². The highest BCUT2D eigenvalue weighted by atomic mass is 16.5. The van der Waals surface area contributed by atoms with Crippen molar-refractivity contribution in [1.82, 2.24) is 0 Å². The van der Waals surface area contributed by atoms with Crippen LogP contribution in [0.1, 0.15) is 40.5 Å². The Kier molecular flexibility index (Phi) is 12.2. The lowest BCUT2D eigenvalue weighted by atomic mass is 10.1. The quantitative estimate of drug-likeness (QED) is 0.405. The number of hydrogen-bond donors (Lipinski definition) is 6. The topological polar surface area (TPSA) is 190 Å². The van der Waals surface area contributed by atoms with Crippen LogP contribution in [0.4, 0.5) is 0 Å². The first-order chi connectivity index (χ1) is 11.0. The summed E-state index contributed by atoms with van der Waals surface area (Å²) in [5.74, 6) is -4.61. The first kappa shape index (κ1) is 23.3. The van der Waals surface area contributed by atoms with E-state index >= 15 is 0 Å². The van der Waals surface area contributed by atoms with E-state index in [1.807, 2.05) is 0 Å². The molecule has 1 aromatic rings. The van der Waals surface area contributed by atoms with Gasteiger partial charge in [0.05, 0.1) is 24.0 Å². The summed E-state index contributed by atoms with van der Waals surface area (Å²) in [7, 11) is 0. The van der Waals surface area contributed by atoms with Crippen molar-refractivity contribution in [2.45, 2.75) is 26.1 Å². The fourth-order valence-electron chi connectivity index (χ4n) is 1.07. The molecule has 0 saturated heterocycles. The van der Waals surface area contributed by atoms with Gasteiger partial charge in [-0.3, -0.25) is 9.59 Å². The lowest BCUT2D eigenvalue weighted by molar-refractivity contribution is -0.143. The number of carbonyl (C=O) groups is 4. The molecule has 0 aliphatic rings. The maximum absolute atomic E-state index is 10.5. The van der Waals surface area contributed by atoms with Crippen LogP contribution in [0, 0.1) is 0 Å². The van der Waals surface area contributed by atoms with Crippen molar-refractivity contribution in [3.63, 3.8) is 0 Å². The smallest absolute Gasteiger partial charge is 0.336 e. The van der Waals surface area contributed by atoms with Crippen LogP contribution in [0.2, 0.25) is 0 Å². The van der Waals surface area contributed by atoms with Crippen molar-refractivity contribution in [1.29, 1.82) is 0 Å². The molecule has 10 nitrogen and oxygen atoms in total. The number of hydrogen-bond acceptors (Lipinski definition) is 6. The zero-order valence-corrected chi connectivity index (χ0v) is 12.6. The van der Waals surface area contributed by atoms with Gasteiger partial charge >= 0.3 is 23.9 Å². The Balaban J connectivity index is 0. The van der Waals surface area contributed by atoms with Crippen LogP contribution in [0.5, 0.6) is 0 Å². The van der Waals surface area contributed by atoms with E-state index in [4.69, 9.17) is 30.6 Å². The van der Waals surface area contributed by atoms with E-state index in [-0.39, 0.29) is 24.0 Å². The van der Waals surface area contributed by atoms with Crippen molar-refractivity contribution in [2.24, 2.45) is 0 Å². The highest BCUT2D eigenvalue weighted by Crippen LogP contribution is 2.07. The Hall–Kier alpha value is -2.98. The Morgan fingerprint density at radius 2 is 1.04 bits per heavy atom. The number of carboxylic acid groups (broad SMARTS) is 4. The van der Waals surface area contributed by atoms with Gasteiger partial charge in [-0.25, -0.2) is 9.59 Å². The van der Waals surface area contributed by atoms with E-state index in [9.17, 15) is 19.2 Å². The van der Waals surface area contributed by atoms with Gasteiger partial charge < -0.3 is 30.6 Å². The zero-order valence-electron chi connectivity index (χ0n) is 12.6. The number of aliphatic hydroxyl groups is 2. The summed E-state index contributed by atoms with van der Waals surface area (Å²) in [6.45, 7) is 1.28. The lowest BCUT2D eigenvalue weighted by Crippen LogP contribution is -2.06. The molecule has 0 amide bonds. The summed E-state index contributed by atoms with van der Waals surface area (Å²) in [5, 5.41) is 48.1. The minimum Gasteiger partial charge on any atom is -0.481 e. The molecule has 0 unspecified atom stereocenters.